The van der Waals surface area contributed by atoms with Crippen LogP contribution in [0.15, 0.2) is 24.3 Å². The first kappa shape index (κ1) is 17.9. The number of benzene rings is 1. The van der Waals surface area contributed by atoms with Crippen LogP contribution < -0.4 is 10.1 Å². The third-order valence-electron chi connectivity index (χ3n) is 3.36. The lowest BCUT2D eigenvalue weighted by atomic mass is 10.0. The predicted molar refractivity (Wildman–Crippen MR) is 81.7 cm³/mol. The molecule has 1 aromatic rings. The van der Waals surface area contributed by atoms with Crippen LogP contribution in [0, 0.1) is 5.92 Å². The molecule has 0 heterocycles. The Balaban J connectivity index is 2.54. The van der Waals surface area contributed by atoms with E-state index in [1.54, 1.807) is 18.2 Å². The summed E-state index contributed by atoms with van der Waals surface area (Å²) in [4.78, 5) is 2.19. The maximum absolute atomic E-state index is 12.4. The summed E-state index contributed by atoms with van der Waals surface area (Å²) in [6, 6.07) is 7.32. The van der Waals surface area contributed by atoms with Gasteiger partial charge < -0.3 is 15.0 Å². The van der Waals surface area contributed by atoms with Crippen molar-refractivity contribution < 1.29 is 13.5 Å². The van der Waals surface area contributed by atoms with Gasteiger partial charge in [-0.1, -0.05) is 32.0 Å². The van der Waals surface area contributed by atoms with Gasteiger partial charge in [-0.3, -0.25) is 0 Å². The van der Waals surface area contributed by atoms with Crippen molar-refractivity contribution >= 4 is 0 Å². The minimum atomic E-state index is -2.79. The van der Waals surface area contributed by atoms with Crippen LogP contribution in [0.2, 0.25) is 0 Å². The quantitative estimate of drug-likeness (QED) is 0.757. The van der Waals surface area contributed by atoms with E-state index in [-0.39, 0.29) is 5.75 Å². The van der Waals surface area contributed by atoms with Crippen LogP contribution in [0.1, 0.15) is 25.8 Å². The number of ether oxygens (including phenoxy) is 1. The second-order valence-corrected chi connectivity index (χ2v) is 5.86. The van der Waals surface area contributed by atoms with Crippen LogP contribution in [-0.4, -0.2) is 38.2 Å². The van der Waals surface area contributed by atoms with Crippen molar-refractivity contribution in [2.24, 2.45) is 5.92 Å². The van der Waals surface area contributed by atoms with E-state index in [1.807, 2.05) is 6.07 Å². The van der Waals surface area contributed by atoms with Gasteiger partial charge in [0.25, 0.3) is 0 Å². The molecule has 120 valence electrons. The van der Waals surface area contributed by atoms with Crippen molar-refractivity contribution in [1.82, 2.24) is 10.2 Å². The van der Waals surface area contributed by atoms with E-state index in [2.05, 4.69) is 42.9 Å². The molecule has 1 unspecified atom stereocenters. The fourth-order valence-corrected chi connectivity index (χ4v) is 2.26. The summed E-state index contributed by atoms with van der Waals surface area (Å²) in [6.45, 7) is 2.94. The minimum absolute atomic E-state index is 0.241. The highest BCUT2D eigenvalue weighted by Gasteiger charge is 2.14. The van der Waals surface area contributed by atoms with Crippen LogP contribution in [-0.2, 0) is 6.54 Å². The van der Waals surface area contributed by atoms with Crippen molar-refractivity contribution in [2.45, 2.75) is 39.5 Å². The molecular formula is C16H26F2N2O. The van der Waals surface area contributed by atoms with Crippen LogP contribution in [0.4, 0.5) is 8.78 Å². The molecule has 0 radical (unpaired) electrons. The number of hydrogen-bond acceptors (Lipinski definition) is 3. The molecule has 1 atom stereocenters. The normalized spacial score (nSPS) is 13.2. The molecule has 0 fully saturated rings. The van der Waals surface area contributed by atoms with E-state index < -0.39 is 6.61 Å². The van der Waals surface area contributed by atoms with Crippen molar-refractivity contribution in [1.29, 1.82) is 0 Å². The molecular weight excluding hydrogens is 274 g/mol. The molecule has 0 saturated heterocycles. The molecule has 21 heavy (non-hydrogen) atoms. The molecule has 0 aliphatic carbocycles. The zero-order chi connectivity index (χ0) is 15.8. The van der Waals surface area contributed by atoms with Crippen molar-refractivity contribution in [3.8, 4) is 5.75 Å². The van der Waals surface area contributed by atoms with Gasteiger partial charge in [-0.2, -0.15) is 8.78 Å². The standard InChI is InChI=1S/C16H26F2N2O/c1-12(2)9-14(20(3)4)11-19-10-13-7-5-6-8-15(13)21-16(17)18/h5-8,12,14,16,19H,9-11H2,1-4H3. The Morgan fingerprint density at radius 3 is 2.43 bits per heavy atom. The smallest absolute Gasteiger partial charge is 0.387 e. The third kappa shape index (κ3) is 6.87. The van der Waals surface area contributed by atoms with Crippen LogP contribution in [0.25, 0.3) is 0 Å². The molecule has 1 aromatic carbocycles. The van der Waals surface area contributed by atoms with Crippen LogP contribution in [0.5, 0.6) is 5.75 Å². The van der Waals surface area contributed by atoms with Crippen molar-refractivity contribution in [3.05, 3.63) is 29.8 Å². The van der Waals surface area contributed by atoms with E-state index >= 15 is 0 Å². The maximum atomic E-state index is 12.4. The molecule has 0 aliphatic rings. The van der Waals surface area contributed by atoms with Gasteiger partial charge in [0, 0.05) is 24.7 Å². The molecule has 0 aromatic heterocycles. The highest BCUT2D eigenvalue weighted by Crippen LogP contribution is 2.20. The maximum Gasteiger partial charge on any atom is 0.387 e. The summed E-state index contributed by atoms with van der Waals surface area (Å²) in [6.07, 6.45) is 1.09. The lowest BCUT2D eigenvalue weighted by Crippen LogP contribution is -2.38. The predicted octanol–water partition coefficient (Wildman–Crippen LogP) is 3.35. The molecule has 1 N–H and O–H groups in total. The van der Waals surface area contributed by atoms with E-state index in [4.69, 9.17) is 0 Å². The Hall–Kier alpha value is -1.20. The Bertz CT molecular complexity index is 411. The van der Waals surface area contributed by atoms with E-state index in [0.717, 1.165) is 18.5 Å². The van der Waals surface area contributed by atoms with Gasteiger partial charge in [0.1, 0.15) is 5.75 Å². The zero-order valence-electron chi connectivity index (χ0n) is 13.3. The summed E-state index contributed by atoms with van der Waals surface area (Å²) in [5.74, 6) is 0.860. The second-order valence-electron chi connectivity index (χ2n) is 5.86. The number of alkyl halides is 2. The molecule has 3 nitrogen and oxygen atoms in total. The van der Waals surface area contributed by atoms with Crippen LogP contribution in [0.3, 0.4) is 0 Å². The lowest BCUT2D eigenvalue weighted by Gasteiger charge is -2.26. The Morgan fingerprint density at radius 2 is 1.86 bits per heavy atom. The van der Waals surface area contributed by atoms with Gasteiger partial charge in [-0.05, 0) is 32.5 Å². The Labute approximate surface area is 126 Å². The summed E-state index contributed by atoms with van der Waals surface area (Å²) in [7, 11) is 4.12. The average molecular weight is 300 g/mol. The summed E-state index contributed by atoms with van der Waals surface area (Å²) < 4.78 is 29.2. The van der Waals surface area contributed by atoms with Gasteiger partial charge >= 0.3 is 6.61 Å². The number of nitrogens with zero attached hydrogens (tertiary/aromatic N) is 1. The monoisotopic (exact) mass is 300 g/mol. The first-order chi connectivity index (χ1) is 9.90. The number of likely N-dealkylation sites (N-methyl/N-ethyl adjacent to an activating group) is 1. The molecule has 0 bridgehead atoms. The van der Waals surface area contributed by atoms with Gasteiger partial charge in [-0.15, -0.1) is 0 Å². The second kappa shape index (κ2) is 8.95. The fraction of sp³-hybridized carbons (Fsp3) is 0.625. The van der Waals surface area contributed by atoms with Crippen LogP contribution >= 0.6 is 0 Å². The van der Waals surface area contributed by atoms with E-state index in [0.29, 0.717) is 18.5 Å². The number of halogens is 2. The van der Waals surface area contributed by atoms with E-state index in [9.17, 15) is 8.78 Å². The minimum Gasteiger partial charge on any atom is -0.434 e. The van der Waals surface area contributed by atoms with Gasteiger partial charge in [0.05, 0.1) is 0 Å². The third-order valence-corrected chi connectivity index (χ3v) is 3.36. The Kier molecular flexibility index (Phi) is 7.61. The Morgan fingerprint density at radius 1 is 1.19 bits per heavy atom. The fourth-order valence-electron chi connectivity index (χ4n) is 2.26. The van der Waals surface area contributed by atoms with Gasteiger partial charge in [-0.25, -0.2) is 0 Å². The first-order valence-electron chi connectivity index (χ1n) is 7.30. The molecule has 0 amide bonds. The topological polar surface area (TPSA) is 24.5 Å². The number of rotatable bonds is 9. The summed E-state index contributed by atoms with van der Waals surface area (Å²) in [5.41, 5.74) is 0.750. The highest BCUT2D eigenvalue weighted by molar-refractivity contribution is 5.33. The van der Waals surface area contributed by atoms with Crippen molar-refractivity contribution in [2.75, 3.05) is 20.6 Å². The lowest BCUT2D eigenvalue weighted by molar-refractivity contribution is -0.0505. The number of para-hydroxylation sites is 1. The summed E-state index contributed by atoms with van der Waals surface area (Å²) in [5, 5.41) is 3.34. The SMILES string of the molecule is CC(C)CC(CNCc1ccccc1OC(F)F)N(C)C. The molecule has 0 saturated carbocycles. The summed E-state index contributed by atoms with van der Waals surface area (Å²) >= 11 is 0. The first-order valence-corrected chi connectivity index (χ1v) is 7.30. The van der Waals surface area contributed by atoms with Crippen molar-refractivity contribution in [3.63, 3.8) is 0 Å². The van der Waals surface area contributed by atoms with Gasteiger partial charge in [0.15, 0.2) is 0 Å². The highest BCUT2D eigenvalue weighted by atomic mass is 19.3. The number of nitrogens with one attached hydrogen (secondary N) is 1. The molecule has 5 heteroatoms. The molecule has 0 spiro atoms. The molecule has 0 aliphatic heterocycles. The molecule has 1 rings (SSSR count). The largest absolute Gasteiger partial charge is 0.434 e. The van der Waals surface area contributed by atoms with E-state index in [1.165, 1.54) is 0 Å². The zero-order valence-corrected chi connectivity index (χ0v) is 13.3. The average Bonchev–Trinajstić information content (AvgIpc) is 2.38. The van der Waals surface area contributed by atoms with Gasteiger partial charge in [0.2, 0.25) is 0 Å². The number of hydrogen-bond donors (Lipinski definition) is 1.